The van der Waals surface area contributed by atoms with Gasteiger partial charge in [-0.05, 0) is 42.9 Å². The number of nitrogens with two attached hydrogens (primary N) is 1. The van der Waals surface area contributed by atoms with E-state index < -0.39 is 5.60 Å². The zero-order valence-corrected chi connectivity index (χ0v) is 15.0. The van der Waals surface area contributed by atoms with Crippen molar-refractivity contribution in [3.8, 4) is 0 Å². The molecule has 0 amide bonds. The third kappa shape index (κ3) is 4.23. The molecule has 1 atom stereocenters. The Labute approximate surface area is 141 Å². The summed E-state index contributed by atoms with van der Waals surface area (Å²) in [5.74, 6) is 1.32. The fourth-order valence-corrected chi connectivity index (χ4v) is 2.98. The van der Waals surface area contributed by atoms with Crippen LogP contribution in [-0.2, 0) is 5.60 Å². The summed E-state index contributed by atoms with van der Waals surface area (Å²) < 4.78 is 1.00. The number of aliphatic hydroxyl groups is 1. The highest BCUT2D eigenvalue weighted by molar-refractivity contribution is 9.10. The molecule has 0 bridgehead atoms. The number of rotatable bonds is 4. The average Bonchev–Trinajstić information content (AvgIpc) is 2.53. The van der Waals surface area contributed by atoms with Crippen LogP contribution in [0, 0.1) is 5.92 Å². The van der Waals surface area contributed by atoms with E-state index in [1.807, 2.05) is 31.2 Å². The molecule has 0 aromatic heterocycles. The molecule has 0 aliphatic carbocycles. The van der Waals surface area contributed by atoms with Gasteiger partial charge in [-0.3, -0.25) is 0 Å². The summed E-state index contributed by atoms with van der Waals surface area (Å²) in [6.45, 7) is 6.45. The van der Waals surface area contributed by atoms with Crippen molar-refractivity contribution in [3.63, 3.8) is 0 Å². The van der Waals surface area contributed by atoms with Crippen LogP contribution in [0.2, 0.25) is 0 Å². The molecular weight excluding hydrogens is 342 g/mol. The first kappa shape index (κ1) is 17.3. The highest BCUT2D eigenvalue weighted by Gasteiger charge is 2.27. The van der Waals surface area contributed by atoms with Gasteiger partial charge in [-0.2, -0.15) is 0 Å². The van der Waals surface area contributed by atoms with Gasteiger partial charge in [0.25, 0.3) is 0 Å². The van der Waals surface area contributed by atoms with Gasteiger partial charge in [-0.25, -0.2) is 4.99 Å². The van der Waals surface area contributed by atoms with Gasteiger partial charge in [-0.1, -0.05) is 41.9 Å². The molecule has 0 spiro atoms. The Morgan fingerprint density at radius 3 is 2.50 bits per heavy atom. The maximum Gasteiger partial charge on any atom is 0.191 e. The molecule has 1 saturated heterocycles. The quantitative estimate of drug-likeness (QED) is 0.634. The zero-order chi connectivity index (χ0) is 16.2. The van der Waals surface area contributed by atoms with Gasteiger partial charge >= 0.3 is 0 Å². The van der Waals surface area contributed by atoms with Gasteiger partial charge in [0.2, 0.25) is 0 Å². The second-order valence-electron chi connectivity index (χ2n) is 6.24. The van der Waals surface area contributed by atoms with Crippen LogP contribution < -0.4 is 5.73 Å². The number of hydrogen-bond acceptors (Lipinski definition) is 2. The molecule has 22 heavy (non-hydrogen) atoms. The third-order valence-electron chi connectivity index (χ3n) is 4.58. The van der Waals surface area contributed by atoms with Crippen LogP contribution in [-0.4, -0.2) is 35.6 Å². The number of hydrogen-bond donors (Lipinski definition) is 2. The van der Waals surface area contributed by atoms with Crippen molar-refractivity contribution < 1.29 is 5.11 Å². The van der Waals surface area contributed by atoms with E-state index in [9.17, 15) is 5.11 Å². The van der Waals surface area contributed by atoms with Crippen LogP contribution >= 0.6 is 15.9 Å². The summed E-state index contributed by atoms with van der Waals surface area (Å²) in [4.78, 5) is 6.60. The molecule has 4 nitrogen and oxygen atoms in total. The summed E-state index contributed by atoms with van der Waals surface area (Å²) in [6.07, 6.45) is 2.91. The lowest BCUT2D eigenvalue weighted by Crippen LogP contribution is -2.43. The summed E-state index contributed by atoms with van der Waals surface area (Å²) in [6, 6.07) is 7.74. The van der Waals surface area contributed by atoms with Crippen LogP contribution in [0.1, 0.15) is 38.7 Å². The molecule has 122 valence electrons. The molecule has 0 radical (unpaired) electrons. The third-order valence-corrected chi connectivity index (χ3v) is 5.11. The molecule has 1 aliphatic rings. The fraction of sp³-hybridized carbons (Fsp3) is 0.588. The predicted molar refractivity (Wildman–Crippen MR) is 94.8 cm³/mol. The van der Waals surface area contributed by atoms with E-state index in [1.54, 1.807) is 0 Å². The minimum Gasteiger partial charge on any atom is -0.383 e. The van der Waals surface area contributed by atoms with E-state index in [-0.39, 0.29) is 0 Å². The lowest BCUT2D eigenvalue weighted by atomic mass is 9.91. The Kier molecular flexibility index (Phi) is 5.87. The first-order valence-corrected chi connectivity index (χ1v) is 8.77. The summed E-state index contributed by atoms with van der Waals surface area (Å²) in [7, 11) is 0. The Morgan fingerprint density at radius 1 is 1.36 bits per heavy atom. The van der Waals surface area contributed by atoms with E-state index in [0.29, 0.717) is 18.9 Å². The van der Waals surface area contributed by atoms with Gasteiger partial charge in [0.15, 0.2) is 5.96 Å². The lowest BCUT2D eigenvalue weighted by Gasteiger charge is -2.32. The second-order valence-corrected chi connectivity index (χ2v) is 7.15. The van der Waals surface area contributed by atoms with Gasteiger partial charge in [0.05, 0.1) is 6.54 Å². The Bertz CT molecular complexity index is 509. The molecule has 1 aliphatic heterocycles. The molecule has 2 rings (SSSR count). The number of guanidine groups is 1. The monoisotopic (exact) mass is 367 g/mol. The van der Waals surface area contributed by atoms with Crippen LogP contribution in [0.5, 0.6) is 0 Å². The average molecular weight is 368 g/mol. The first-order valence-electron chi connectivity index (χ1n) is 7.98. The molecule has 1 aromatic rings. The SMILES string of the molecule is CCC(O)(CN=C(N)N1CCC(C)CC1)c1ccc(Br)cc1. The summed E-state index contributed by atoms with van der Waals surface area (Å²) in [5.41, 5.74) is 6.03. The highest BCUT2D eigenvalue weighted by atomic mass is 79.9. The van der Waals surface area contributed by atoms with Gasteiger partial charge < -0.3 is 15.7 Å². The van der Waals surface area contributed by atoms with Crippen LogP contribution in [0.15, 0.2) is 33.7 Å². The standard InChI is InChI=1S/C17H26BrN3O/c1-3-17(22,14-4-6-15(18)7-5-14)12-20-16(19)21-10-8-13(2)9-11-21/h4-7,13,22H,3,8-12H2,1-2H3,(H2,19,20). The van der Waals surface area contributed by atoms with E-state index in [0.717, 1.165) is 41.9 Å². The minimum atomic E-state index is -0.964. The Balaban J connectivity index is 2.05. The van der Waals surface area contributed by atoms with Crippen LogP contribution in [0.4, 0.5) is 0 Å². The number of likely N-dealkylation sites (tertiary alicyclic amines) is 1. The normalized spacial score (nSPS) is 20.0. The smallest absolute Gasteiger partial charge is 0.191 e. The van der Waals surface area contributed by atoms with Gasteiger partial charge in [-0.15, -0.1) is 0 Å². The van der Waals surface area contributed by atoms with Crippen molar-refractivity contribution >= 4 is 21.9 Å². The Hall–Kier alpha value is -1.07. The number of piperidine rings is 1. The first-order chi connectivity index (χ1) is 10.4. The van der Waals surface area contributed by atoms with E-state index in [4.69, 9.17) is 5.73 Å². The molecule has 3 N–H and O–H groups in total. The molecular formula is C17H26BrN3O. The molecule has 1 fully saturated rings. The van der Waals surface area contributed by atoms with Crippen molar-refractivity contribution in [1.29, 1.82) is 0 Å². The molecule has 5 heteroatoms. The second kappa shape index (κ2) is 7.47. The number of nitrogens with zero attached hydrogens (tertiary/aromatic N) is 2. The fourth-order valence-electron chi connectivity index (χ4n) is 2.72. The predicted octanol–water partition coefficient (Wildman–Crippen LogP) is 3.09. The number of benzene rings is 1. The lowest BCUT2D eigenvalue weighted by molar-refractivity contribution is 0.0420. The van der Waals surface area contributed by atoms with Crippen LogP contribution in [0.25, 0.3) is 0 Å². The highest BCUT2D eigenvalue weighted by Crippen LogP contribution is 2.27. The summed E-state index contributed by atoms with van der Waals surface area (Å²) in [5, 5.41) is 10.9. The van der Waals surface area contributed by atoms with Crippen molar-refractivity contribution in [2.75, 3.05) is 19.6 Å². The summed E-state index contributed by atoms with van der Waals surface area (Å²) >= 11 is 3.42. The van der Waals surface area contributed by atoms with E-state index >= 15 is 0 Å². The van der Waals surface area contributed by atoms with Gasteiger partial charge in [0, 0.05) is 17.6 Å². The van der Waals surface area contributed by atoms with Crippen molar-refractivity contribution in [2.24, 2.45) is 16.6 Å². The topological polar surface area (TPSA) is 61.9 Å². The maximum absolute atomic E-state index is 10.9. The van der Waals surface area contributed by atoms with Gasteiger partial charge in [0.1, 0.15) is 5.60 Å². The van der Waals surface area contributed by atoms with Crippen LogP contribution in [0.3, 0.4) is 0 Å². The largest absolute Gasteiger partial charge is 0.383 e. The number of halogens is 1. The van der Waals surface area contributed by atoms with Crippen molar-refractivity contribution in [3.05, 3.63) is 34.3 Å². The molecule has 0 saturated carbocycles. The van der Waals surface area contributed by atoms with E-state index in [1.165, 1.54) is 0 Å². The minimum absolute atomic E-state index is 0.295. The molecule has 1 unspecified atom stereocenters. The maximum atomic E-state index is 10.9. The van der Waals surface area contributed by atoms with E-state index in [2.05, 4.69) is 32.7 Å². The molecule has 1 heterocycles. The zero-order valence-electron chi connectivity index (χ0n) is 13.4. The van der Waals surface area contributed by atoms with Crippen molar-refractivity contribution in [1.82, 2.24) is 4.90 Å². The Morgan fingerprint density at radius 2 is 1.95 bits per heavy atom. The van der Waals surface area contributed by atoms with Crippen molar-refractivity contribution in [2.45, 2.75) is 38.7 Å². The number of aliphatic imine (C=N–C) groups is 1. The molecule has 1 aromatic carbocycles.